The lowest BCUT2D eigenvalue weighted by Gasteiger charge is -2.08. The van der Waals surface area contributed by atoms with Crippen LogP contribution in [0.2, 0.25) is 0 Å². The van der Waals surface area contributed by atoms with Crippen LogP contribution in [0.5, 0.6) is 0 Å². The zero-order chi connectivity index (χ0) is 10.1. The molecule has 0 unspecified atom stereocenters. The average molecular weight is 195 g/mol. The Labute approximate surface area is 77.5 Å². The molecule has 14 heavy (non-hydrogen) atoms. The van der Waals surface area contributed by atoms with Gasteiger partial charge in [-0.15, -0.1) is 0 Å². The van der Waals surface area contributed by atoms with Gasteiger partial charge in [0.1, 0.15) is 11.3 Å². The molecule has 2 rings (SSSR count). The molecular weight excluding hydrogens is 192 g/mol. The number of ether oxygens (including phenoxy) is 2. The van der Waals surface area contributed by atoms with Crippen LogP contribution in [0.1, 0.15) is 6.42 Å². The lowest BCUT2D eigenvalue weighted by molar-refractivity contribution is -0.458. The number of amides is 1. The van der Waals surface area contributed by atoms with Crippen LogP contribution in [-0.4, -0.2) is 17.2 Å². The molecule has 0 aliphatic carbocycles. The Balaban J connectivity index is 2.19. The van der Waals surface area contributed by atoms with Crippen molar-refractivity contribution in [2.75, 3.05) is 0 Å². The van der Waals surface area contributed by atoms with Gasteiger partial charge in [-0.05, 0) is 0 Å². The topological polar surface area (TPSA) is 91.0 Å². The van der Waals surface area contributed by atoms with Crippen LogP contribution in [0.3, 0.4) is 0 Å². The summed E-state index contributed by atoms with van der Waals surface area (Å²) < 4.78 is 9.38. The molecule has 0 atom stereocenters. The highest BCUT2D eigenvalue weighted by Gasteiger charge is 2.24. The molecule has 2 aliphatic heterocycles. The first kappa shape index (κ1) is 8.42. The first-order valence-electron chi connectivity index (χ1n) is 3.61. The van der Waals surface area contributed by atoms with Crippen molar-refractivity contribution in [1.29, 1.82) is 0 Å². The van der Waals surface area contributed by atoms with Crippen molar-refractivity contribution < 1.29 is 19.2 Å². The molecule has 2 heterocycles. The van der Waals surface area contributed by atoms with Gasteiger partial charge in [-0.2, -0.15) is 0 Å². The van der Waals surface area contributed by atoms with Crippen molar-refractivity contribution in [1.82, 2.24) is 0 Å². The van der Waals surface area contributed by atoms with E-state index in [0.29, 0.717) is 0 Å². The first-order chi connectivity index (χ1) is 6.68. The molecule has 2 aliphatic rings. The van der Waals surface area contributed by atoms with Crippen LogP contribution >= 0.6 is 0 Å². The van der Waals surface area contributed by atoms with Gasteiger partial charge in [0.05, 0.1) is 11.5 Å². The summed E-state index contributed by atoms with van der Waals surface area (Å²) in [7, 11) is 0. The van der Waals surface area contributed by atoms with Crippen molar-refractivity contribution >= 4 is 12.3 Å². The molecule has 0 saturated carbocycles. The quantitative estimate of drug-likeness (QED) is 0.258. The minimum absolute atomic E-state index is 0.0930. The molecule has 0 fully saturated rings. The van der Waals surface area contributed by atoms with Gasteiger partial charge >= 0.3 is 5.88 Å². The predicted molar refractivity (Wildman–Crippen MR) is 41.3 cm³/mol. The monoisotopic (exact) mass is 195 g/mol. The largest absolute Gasteiger partial charge is 0.566 e. The van der Waals surface area contributed by atoms with E-state index in [0.717, 1.165) is 0 Å². The van der Waals surface area contributed by atoms with E-state index in [2.05, 4.69) is 9.73 Å². The molecule has 0 saturated heterocycles. The third kappa shape index (κ3) is 1.24. The summed E-state index contributed by atoms with van der Waals surface area (Å²) in [6.45, 7) is 0. The SMILES string of the molecule is O=C1N=[C-]OC1=C1CC=C([N+](=O)[O-])O1. The lowest BCUT2D eigenvalue weighted by atomic mass is 10.3. The number of allylic oxidation sites excluding steroid dienone is 1. The number of hydrogen-bond donors (Lipinski definition) is 0. The molecule has 0 aromatic heterocycles. The van der Waals surface area contributed by atoms with E-state index in [9.17, 15) is 14.9 Å². The second kappa shape index (κ2) is 2.95. The smallest absolute Gasteiger partial charge is 0.428 e. The van der Waals surface area contributed by atoms with Crippen LogP contribution in [-0.2, 0) is 14.3 Å². The Bertz CT molecular complexity index is 406. The average Bonchev–Trinajstić information content (AvgIpc) is 2.71. The van der Waals surface area contributed by atoms with Gasteiger partial charge < -0.3 is 19.3 Å². The van der Waals surface area contributed by atoms with E-state index in [4.69, 9.17) is 4.74 Å². The lowest BCUT2D eigenvalue weighted by Crippen LogP contribution is -2.02. The maximum absolute atomic E-state index is 11.0. The summed E-state index contributed by atoms with van der Waals surface area (Å²) in [5, 5.41) is 10.3. The number of hydrogen-bond acceptors (Lipinski definition) is 5. The number of nitro groups is 1. The summed E-state index contributed by atoms with van der Waals surface area (Å²) in [4.78, 5) is 23.7. The number of aliphatic imine (C=N–C) groups is 1. The molecule has 1 amide bonds. The molecule has 0 aromatic carbocycles. The Morgan fingerprint density at radius 2 is 2.43 bits per heavy atom. The molecule has 7 heteroatoms. The zero-order valence-electron chi connectivity index (χ0n) is 6.72. The van der Waals surface area contributed by atoms with Crippen LogP contribution < -0.4 is 0 Å². The fraction of sp³-hybridized carbons (Fsp3) is 0.143. The summed E-state index contributed by atoms with van der Waals surface area (Å²) in [5.41, 5.74) is 0. The molecule has 0 spiro atoms. The Morgan fingerprint density at radius 1 is 1.64 bits per heavy atom. The van der Waals surface area contributed by atoms with Gasteiger partial charge in [-0.25, -0.2) is 0 Å². The molecular formula is C7H3N2O5-. The Hall–Kier alpha value is -2.18. The van der Waals surface area contributed by atoms with Crippen LogP contribution in [0, 0.1) is 10.1 Å². The van der Waals surface area contributed by atoms with Gasteiger partial charge in [0.2, 0.25) is 0 Å². The minimum atomic E-state index is -0.683. The van der Waals surface area contributed by atoms with Crippen molar-refractivity contribution in [3.05, 3.63) is 33.6 Å². The number of carbonyl (C=O) groups excluding carboxylic acids is 1. The molecule has 0 N–H and O–H groups in total. The van der Waals surface area contributed by atoms with Gasteiger partial charge in [0.15, 0.2) is 5.91 Å². The summed E-state index contributed by atoms with van der Waals surface area (Å²) in [6, 6.07) is 0. The van der Waals surface area contributed by atoms with Crippen LogP contribution in [0.25, 0.3) is 0 Å². The van der Waals surface area contributed by atoms with E-state index in [1.165, 1.54) is 6.08 Å². The molecule has 0 bridgehead atoms. The molecule has 7 nitrogen and oxygen atoms in total. The van der Waals surface area contributed by atoms with Gasteiger partial charge in [-0.1, -0.05) is 0 Å². The first-order valence-corrected chi connectivity index (χ1v) is 3.61. The maximum atomic E-state index is 11.0. The minimum Gasteiger partial charge on any atom is -0.566 e. The van der Waals surface area contributed by atoms with Gasteiger partial charge in [0.25, 0.3) is 0 Å². The Kier molecular flexibility index (Phi) is 1.77. The second-order valence-corrected chi connectivity index (χ2v) is 2.47. The van der Waals surface area contributed by atoms with Crippen LogP contribution in [0.15, 0.2) is 28.5 Å². The standard InChI is InChI=1S/C7H3N2O5/c10-7-6(13-3-8-7)4-1-2-5(14-4)9(11)12/h2H,1H2/q-1. The summed E-state index contributed by atoms with van der Waals surface area (Å²) in [5.74, 6) is -1.10. The maximum Gasteiger partial charge on any atom is 0.428 e. The van der Waals surface area contributed by atoms with E-state index in [1.54, 1.807) is 0 Å². The highest BCUT2D eigenvalue weighted by Crippen LogP contribution is 2.26. The second-order valence-electron chi connectivity index (χ2n) is 2.47. The zero-order valence-corrected chi connectivity index (χ0v) is 6.72. The third-order valence-electron chi connectivity index (χ3n) is 1.61. The Morgan fingerprint density at radius 3 is 2.93 bits per heavy atom. The van der Waals surface area contributed by atoms with E-state index in [1.807, 2.05) is 6.40 Å². The van der Waals surface area contributed by atoms with E-state index < -0.39 is 16.7 Å². The molecule has 0 radical (unpaired) electrons. The highest BCUT2D eigenvalue weighted by molar-refractivity contribution is 6.01. The summed E-state index contributed by atoms with van der Waals surface area (Å²) >= 11 is 0. The number of rotatable bonds is 1. The summed E-state index contributed by atoms with van der Waals surface area (Å²) in [6.07, 6.45) is 3.38. The van der Waals surface area contributed by atoms with Crippen molar-refractivity contribution in [2.24, 2.45) is 4.99 Å². The third-order valence-corrected chi connectivity index (χ3v) is 1.61. The van der Waals surface area contributed by atoms with E-state index >= 15 is 0 Å². The van der Waals surface area contributed by atoms with E-state index in [-0.39, 0.29) is 17.9 Å². The van der Waals surface area contributed by atoms with Crippen LogP contribution in [0.4, 0.5) is 0 Å². The molecule has 72 valence electrons. The molecule has 0 aromatic rings. The van der Waals surface area contributed by atoms with Gasteiger partial charge in [-0.3, -0.25) is 10.1 Å². The number of carbonyl (C=O) groups is 1. The van der Waals surface area contributed by atoms with Crippen molar-refractivity contribution in [2.45, 2.75) is 6.42 Å². The normalized spacial score (nSPS) is 24.6. The number of nitrogens with zero attached hydrogens (tertiary/aromatic N) is 2. The highest BCUT2D eigenvalue weighted by atomic mass is 16.7. The van der Waals surface area contributed by atoms with Crippen molar-refractivity contribution in [3.8, 4) is 0 Å². The van der Waals surface area contributed by atoms with Crippen molar-refractivity contribution in [3.63, 3.8) is 0 Å². The fourth-order valence-corrected chi connectivity index (χ4v) is 1.02. The van der Waals surface area contributed by atoms with Gasteiger partial charge in [0, 0.05) is 12.5 Å². The predicted octanol–water partition coefficient (Wildman–Crippen LogP) is 0.199. The fourth-order valence-electron chi connectivity index (χ4n) is 1.02.